The number of aliphatic hydroxyl groups excluding tert-OH is 1. The van der Waals surface area contributed by atoms with Crippen molar-refractivity contribution in [2.45, 2.75) is 31.5 Å². The number of benzene rings is 2. The first kappa shape index (κ1) is 18.5. The first-order valence-corrected chi connectivity index (χ1v) is 8.35. The average molecular weight is 385 g/mol. The number of urea groups is 1. The van der Waals surface area contributed by atoms with Crippen LogP contribution in [0.15, 0.2) is 36.4 Å². The average Bonchev–Trinajstić information content (AvgIpc) is 2.56. The molecule has 4 nitrogen and oxygen atoms in total. The summed E-state index contributed by atoms with van der Waals surface area (Å²) in [6.07, 6.45) is -3.29. The molecule has 0 unspecified atom stereocenters. The fourth-order valence-corrected chi connectivity index (χ4v) is 3.22. The Morgan fingerprint density at radius 3 is 2.69 bits per heavy atom. The molecule has 0 aliphatic heterocycles. The van der Waals surface area contributed by atoms with Gasteiger partial charge in [0, 0.05) is 17.8 Å². The normalized spacial score (nSPS) is 16.7. The summed E-state index contributed by atoms with van der Waals surface area (Å²) >= 11 is 5.57. The van der Waals surface area contributed by atoms with Crippen LogP contribution in [0.3, 0.4) is 0 Å². The third-order valence-electron chi connectivity index (χ3n) is 4.24. The van der Waals surface area contributed by atoms with Gasteiger partial charge in [-0.15, -0.1) is 0 Å². The summed E-state index contributed by atoms with van der Waals surface area (Å²) < 4.78 is 38.7. The maximum atomic E-state index is 12.9. The summed E-state index contributed by atoms with van der Waals surface area (Å²) in [5.74, 6) is 0. The molecular formula is C18H16ClF3N2O2. The van der Waals surface area contributed by atoms with Crippen molar-refractivity contribution in [1.29, 1.82) is 0 Å². The van der Waals surface area contributed by atoms with E-state index in [2.05, 4.69) is 10.6 Å². The molecule has 3 N–H and O–H groups in total. The first-order chi connectivity index (χ1) is 12.2. The molecule has 1 aliphatic carbocycles. The lowest BCUT2D eigenvalue weighted by Crippen LogP contribution is -2.24. The lowest BCUT2D eigenvalue weighted by atomic mass is 9.88. The molecule has 2 aromatic carbocycles. The van der Waals surface area contributed by atoms with Crippen LogP contribution in [-0.4, -0.2) is 17.2 Å². The molecule has 0 bridgehead atoms. The van der Waals surface area contributed by atoms with Gasteiger partial charge in [0.2, 0.25) is 0 Å². The van der Waals surface area contributed by atoms with Gasteiger partial charge in [0.25, 0.3) is 0 Å². The topological polar surface area (TPSA) is 61.4 Å². The number of hydrogen-bond donors (Lipinski definition) is 3. The zero-order valence-corrected chi connectivity index (χ0v) is 14.3. The lowest BCUT2D eigenvalue weighted by molar-refractivity contribution is -0.137. The van der Waals surface area contributed by atoms with Crippen LogP contribution < -0.4 is 10.6 Å². The number of rotatable bonds is 2. The summed E-state index contributed by atoms with van der Waals surface area (Å²) in [6, 6.07) is 7.90. The minimum Gasteiger partial charge on any atom is -0.393 e. The second-order valence-corrected chi connectivity index (χ2v) is 6.52. The Kier molecular flexibility index (Phi) is 5.11. The third-order valence-corrected chi connectivity index (χ3v) is 4.57. The largest absolute Gasteiger partial charge is 0.417 e. The number of fused-ring (bicyclic) bond motifs is 1. The fraction of sp³-hybridized carbons (Fsp3) is 0.278. The number of aryl methyl sites for hydroxylation is 1. The van der Waals surface area contributed by atoms with Crippen LogP contribution in [0.5, 0.6) is 0 Å². The maximum absolute atomic E-state index is 12.9. The summed E-state index contributed by atoms with van der Waals surface area (Å²) in [4.78, 5) is 12.2. The van der Waals surface area contributed by atoms with Crippen LogP contribution >= 0.6 is 11.6 Å². The molecule has 3 rings (SSSR count). The second kappa shape index (κ2) is 7.17. The van der Waals surface area contributed by atoms with Crippen molar-refractivity contribution in [2.75, 3.05) is 10.6 Å². The van der Waals surface area contributed by atoms with Crippen LogP contribution in [0, 0.1) is 0 Å². The molecule has 2 aromatic rings. The van der Waals surface area contributed by atoms with E-state index in [1.807, 2.05) is 6.07 Å². The minimum absolute atomic E-state index is 0.0240. The third kappa shape index (κ3) is 4.11. The van der Waals surface area contributed by atoms with Gasteiger partial charge < -0.3 is 15.7 Å². The van der Waals surface area contributed by atoms with Crippen LogP contribution in [0.25, 0.3) is 0 Å². The van der Waals surface area contributed by atoms with E-state index < -0.39 is 28.9 Å². The molecule has 0 heterocycles. The van der Waals surface area contributed by atoms with E-state index in [-0.39, 0.29) is 5.69 Å². The fourth-order valence-electron chi connectivity index (χ4n) is 2.99. The zero-order valence-electron chi connectivity index (χ0n) is 13.5. The monoisotopic (exact) mass is 384 g/mol. The predicted molar refractivity (Wildman–Crippen MR) is 93.6 cm³/mol. The molecule has 26 heavy (non-hydrogen) atoms. The zero-order chi connectivity index (χ0) is 18.9. The van der Waals surface area contributed by atoms with Crippen molar-refractivity contribution in [3.05, 3.63) is 58.1 Å². The van der Waals surface area contributed by atoms with Gasteiger partial charge in [-0.1, -0.05) is 23.7 Å². The van der Waals surface area contributed by atoms with Crippen molar-refractivity contribution in [3.63, 3.8) is 0 Å². The van der Waals surface area contributed by atoms with Crippen molar-refractivity contribution in [3.8, 4) is 0 Å². The van der Waals surface area contributed by atoms with Gasteiger partial charge in [-0.05, 0) is 48.2 Å². The number of carbonyl (C=O) groups excluding carboxylic acids is 1. The lowest BCUT2D eigenvalue weighted by Gasteiger charge is -2.23. The molecule has 0 fully saturated rings. The Hall–Kier alpha value is -2.25. The standard InChI is InChI=1S/C18H16ClF3N2O2/c19-15-7-5-11(8-14(15)18(20,21)22)23-17(26)24-16-3-1-2-10-4-6-12(25)9-13(10)16/h1-3,5,7-8,12,25H,4,6,9H2,(H2,23,24,26)/t12-/m1/s1. The van der Waals surface area contributed by atoms with Crippen molar-refractivity contribution < 1.29 is 23.1 Å². The molecule has 1 atom stereocenters. The number of amides is 2. The van der Waals surface area contributed by atoms with Gasteiger partial charge in [-0.2, -0.15) is 13.2 Å². The van der Waals surface area contributed by atoms with Gasteiger partial charge in [-0.25, -0.2) is 4.79 Å². The van der Waals surface area contributed by atoms with Crippen LogP contribution in [0.2, 0.25) is 5.02 Å². The Labute approximate surface area is 153 Å². The Morgan fingerprint density at radius 2 is 1.96 bits per heavy atom. The molecule has 0 spiro atoms. The number of aliphatic hydroxyl groups is 1. The summed E-state index contributed by atoms with van der Waals surface area (Å²) in [6.45, 7) is 0. The Balaban J connectivity index is 1.77. The highest BCUT2D eigenvalue weighted by atomic mass is 35.5. The van der Waals surface area contributed by atoms with Crippen LogP contribution in [0.1, 0.15) is 23.1 Å². The second-order valence-electron chi connectivity index (χ2n) is 6.11. The van der Waals surface area contributed by atoms with E-state index in [4.69, 9.17) is 11.6 Å². The smallest absolute Gasteiger partial charge is 0.393 e. The molecule has 2 amide bonds. The van der Waals surface area contributed by atoms with Crippen molar-refractivity contribution >= 4 is 29.0 Å². The number of nitrogens with one attached hydrogen (secondary N) is 2. The molecule has 8 heteroatoms. The van der Waals surface area contributed by atoms with E-state index in [0.717, 1.165) is 23.3 Å². The number of hydrogen-bond acceptors (Lipinski definition) is 2. The van der Waals surface area contributed by atoms with E-state index >= 15 is 0 Å². The Morgan fingerprint density at radius 1 is 1.19 bits per heavy atom. The molecule has 0 radical (unpaired) electrons. The van der Waals surface area contributed by atoms with Crippen molar-refractivity contribution in [1.82, 2.24) is 0 Å². The Bertz CT molecular complexity index is 840. The number of halogens is 4. The van der Waals surface area contributed by atoms with E-state index in [0.29, 0.717) is 24.9 Å². The maximum Gasteiger partial charge on any atom is 0.417 e. The van der Waals surface area contributed by atoms with Crippen molar-refractivity contribution in [2.24, 2.45) is 0 Å². The van der Waals surface area contributed by atoms with E-state index in [9.17, 15) is 23.1 Å². The predicted octanol–water partition coefficient (Wildman–Crippen LogP) is 4.85. The molecule has 0 aromatic heterocycles. The summed E-state index contributed by atoms with van der Waals surface area (Å²) in [5, 5.41) is 14.4. The molecular weight excluding hydrogens is 369 g/mol. The van der Waals surface area contributed by atoms with Crippen LogP contribution in [-0.2, 0) is 19.0 Å². The molecule has 0 saturated carbocycles. The van der Waals surface area contributed by atoms with Gasteiger partial charge in [0.1, 0.15) is 0 Å². The minimum atomic E-state index is -4.61. The van der Waals surface area contributed by atoms with E-state index in [1.165, 1.54) is 6.07 Å². The highest BCUT2D eigenvalue weighted by Gasteiger charge is 2.33. The number of carbonyl (C=O) groups is 1. The van der Waals surface area contributed by atoms with Crippen LogP contribution in [0.4, 0.5) is 29.3 Å². The van der Waals surface area contributed by atoms with Gasteiger partial charge in [-0.3, -0.25) is 0 Å². The van der Waals surface area contributed by atoms with Gasteiger partial charge in [0.05, 0.1) is 16.7 Å². The quantitative estimate of drug-likeness (QED) is 0.693. The molecule has 1 aliphatic rings. The van der Waals surface area contributed by atoms with E-state index in [1.54, 1.807) is 12.1 Å². The summed E-state index contributed by atoms with van der Waals surface area (Å²) in [7, 11) is 0. The molecule has 138 valence electrons. The number of anilines is 2. The molecule has 0 saturated heterocycles. The van der Waals surface area contributed by atoms with Gasteiger partial charge >= 0.3 is 12.2 Å². The first-order valence-electron chi connectivity index (χ1n) is 7.97. The van der Waals surface area contributed by atoms with Gasteiger partial charge in [0.15, 0.2) is 0 Å². The summed E-state index contributed by atoms with van der Waals surface area (Å²) in [5.41, 5.74) is 1.37. The highest BCUT2D eigenvalue weighted by Crippen LogP contribution is 2.36. The SMILES string of the molecule is O=C(Nc1ccc(Cl)c(C(F)(F)F)c1)Nc1cccc2c1C[C@H](O)CC2. The number of alkyl halides is 3. The highest BCUT2D eigenvalue weighted by molar-refractivity contribution is 6.31.